The molecule has 0 bridgehead atoms. The highest BCUT2D eigenvalue weighted by molar-refractivity contribution is 7.91. The minimum absolute atomic E-state index is 0.115. The van der Waals surface area contributed by atoms with Crippen LogP contribution in [0.1, 0.15) is 46.5 Å². The van der Waals surface area contributed by atoms with Gasteiger partial charge in [0.2, 0.25) is 0 Å². The van der Waals surface area contributed by atoms with Crippen LogP contribution in [0.25, 0.3) is 0 Å². The lowest BCUT2D eigenvalue weighted by Gasteiger charge is -2.26. The Hall–Kier alpha value is -0.130. The molecule has 0 aromatic rings. The molecule has 118 valence electrons. The molecule has 1 aliphatic heterocycles. The van der Waals surface area contributed by atoms with Gasteiger partial charge in [0.1, 0.15) is 0 Å². The van der Waals surface area contributed by atoms with E-state index in [-0.39, 0.29) is 5.60 Å². The molecular formula is C15H29NO3S. The molecule has 2 fully saturated rings. The molecule has 0 amide bonds. The molecule has 4 nitrogen and oxygen atoms in total. The van der Waals surface area contributed by atoms with E-state index in [2.05, 4.69) is 26.1 Å². The third-order valence-electron chi connectivity index (χ3n) is 4.20. The largest absolute Gasteiger partial charge is 0.376 e. The Kier molecular flexibility index (Phi) is 5.14. The van der Waals surface area contributed by atoms with Gasteiger partial charge in [-0.1, -0.05) is 0 Å². The number of nitrogens with one attached hydrogen (secondary N) is 1. The van der Waals surface area contributed by atoms with E-state index in [0.717, 1.165) is 26.0 Å². The maximum absolute atomic E-state index is 11.7. The summed E-state index contributed by atoms with van der Waals surface area (Å²) < 4.78 is 29.2. The Morgan fingerprint density at radius 1 is 1.25 bits per heavy atom. The van der Waals surface area contributed by atoms with Gasteiger partial charge in [-0.3, -0.25) is 0 Å². The van der Waals surface area contributed by atoms with Crippen molar-refractivity contribution in [3.8, 4) is 0 Å². The van der Waals surface area contributed by atoms with Crippen LogP contribution in [0, 0.1) is 11.8 Å². The van der Waals surface area contributed by atoms with Crippen LogP contribution in [-0.2, 0) is 14.6 Å². The van der Waals surface area contributed by atoms with Gasteiger partial charge in [-0.25, -0.2) is 8.42 Å². The molecule has 1 heterocycles. The molecule has 2 unspecified atom stereocenters. The van der Waals surface area contributed by atoms with E-state index in [1.165, 1.54) is 12.8 Å². The van der Waals surface area contributed by atoms with Crippen LogP contribution in [0.15, 0.2) is 0 Å². The Labute approximate surface area is 123 Å². The van der Waals surface area contributed by atoms with Crippen molar-refractivity contribution in [1.82, 2.24) is 5.32 Å². The van der Waals surface area contributed by atoms with Crippen molar-refractivity contribution in [2.45, 2.75) is 58.1 Å². The second-order valence-electron chi connectivity index (χ2n) is 7.36. The van der Waals surface area contributed by atoms with Gasteiger partial charge in [0, 0.05) is 12.6 Å². The van der Waals surface area contributed by atoms with Gasteiger partial charge in [-0.2, -0.15) is 0 Å². The first-order valence-corrected chi connectivity index (χ1v) is 9.65. The van der Waals surface area contributed by atoms with Crippen molar-refractivity contribution in [1.29, 1.82) is 0 Å². The van der Waals surface area contributed by atoms with E-state index in [0.29, 0.717) is 29.4 Å². The Bertz CT molecular complexity index is 409. The van der Waals surface area contributed by atoms with Crippen molar-refractivity contribution < 1.29 is 13.2 Å². The van der Waals surface area contributed by atoms with Crippen LogP contribution in [0.5, 0.6) is 0 Å². The standard InChI is InChI=1S/C15H29NO3S/c1-15(2,3)19-8-6-12(10-16-14-4-5-14)13-7-9-20(17,18)11-13/h12-14,16H,4-11H2,1-3H3. The Balaban J connectivity index is 1.83. The lowest BCUT2D eigenvalue weighted by Crippen LogP contribution is -2.32. The summed E-state index contributed by atoms with van der Waals surface area (Å²) in [6, 6.07) is 0.680. The maximum atomic E-state index is 11.7. The summed E-state index contributed by atoms with van der Waals surface area (Å²) in [4.78, 5) is 0. The summed E-state index contributed by atoms with van der Waals surface area (Å²) in [6.07, 6.45) is 4.33. The Morgan fingerprint density at radius 2 is 1.95 bits per heavy atom. The van der Waals surface area contributed by atoms with Crippen molar-refractivity contribution in [2.24, 2.45) is 11.8 Å². The highest BCUT2D eigenvalue weighted by Crippen LogP contribution is 2.29. The first kappa shape index (κ1) is 16.2. The van der Waals surface area contributed by atoms with Crippen LogP contribution >= 0.6 is 0 Å². The van der Waals surface area contributed by atoms with Crippen molar-refractivity contribution in [3.63, 3.8) is 0 Å². The molecule has 0 spiro atoms. The predicted molar refractivity (Wildman–Crippen MR) is 81.6 cm³/mol. The van der Waals surface area contributed by atoms with Crippen LogP contribution < -0.4 is 5.32 Å². The third-order valence-corrected chi connectivity index (χ3v) is 6.00. The average molecular weight is 303 g/mol. The molecule has 1 aliphatic carbocycles. The average Bonchev–Trinajstić information content (AvgIpc) is 3.05. The summed E-state index contributed by atoms with van der Waals surface area (Å²) in [6.45, 7) is 7.84. The fourth-order valence-corrected chi connectivity index (χ4v) is 4.74. The molecule has 1 N–H and O–H groups in total. The van der Waals surface area contributed by atoms with E-state index in [4.69, 9.17) is 4.74 Å². The first-order valence-electron chi connectivity index (χ1n) is 7.83. The molecule has 2 atom stereocenters. The predicted octanol–water partition coefficient (Wildman–Crippen LogP) is 1.99. The van der Waals surface area contributed by atoms with E-state index in [1.807, 2.05) is 0 Å². The van der Waals surface area contributed by atoms with E-state index >= 15 is 0 Å². The van der Waals surface area contributed by atoms with Crippen LogP contribution in [0.3, 0.4) is 0 Å². The molecule has 1 saturated heterocycles. The molecule has 1 saturated carbocycles. The Morgan fingerprint density at radius 3 is 2.45 bits per heavy atom. The zero-order chi connectivity index (χ0) is 14.8. The quantitative estimate of drug-likeness (QED) is 0.781. The fraction of sp³-hybridized carbons (Fsp3) is 1.00. The van der Waals surface area contributed by atoms with Gasteiger partial charge in [0.15, 0.2) is 9.84 Å². The lowest BCUT2D eigenvalue weighted by atomic mass is 9.89. The fourth-order valence-electron chi connectivity index (χ4n) is 2.82. The van der Waals surface area contributed by atoms with Gasteiger partial charge in [-0.15, -0.1) is 0 Å². The summed E-state index contributed by atoms with van der Waals surface area (Å²) in [5.74, 6) is 1.49. The SMILES string of the molecule is CC(C)(C)OCCC(CNC1CC1)C1CCS(=O)(=O)C1. The van der Waals surface area contributed by atoms with Gasteiger partial charge in [0.25, 0.3) is 0 Å². The normalized spacial score (nSPS) is 27.6. The minimum atomic E-state index is -2.79. The zero-order valence-electron chi connectivity index (χ0n) is 13.0. The van der Waals surface area contributed by atoms with Crippen molar-refractivity contribution in [2.75, 3.05) is 24.7 Å². The minimum Gasteiger partial charge on any atom is -0.376 e. The van der Waals surface area contributed by atoms with Crippen LogP contribution in [-0.4, -0.2) is 44.7 Å². The molecule has 20 heavy (non-hydrogen) atoms. The highest BCUT2D eigenvalue weighted by Gasteiger charge is 2.34. The molecule has 0 aromatic heterocycles. The van der Waals surface area contributed by atoms with Gasteiger partial charge in [0.05, 0.1) is 17.1 Å². The third kappa shape index (κ3) is 5.70. The highest BCUT2D eigenvalue weighted by atomic mass is 32.2. The van der Waals surface area contributed by atoms with E-state index in [1.54, 1.807) is 0 Å². The number of rotatable bonds is 7. The van der Waals surface area contributed by atoms with E-state index in [9.17, 15) is 8.42 Å². The molecule has 2 aliphatic rings. The first-order chi connectivity index (χ1) is 9.25. The van der Waals surface area contributed by atoms with Crippen LogP contribution in [0.4, 0.5) is 0 Å². The van der Waals surface area contributed by atoms with Crippen molar-refractivity contribution in [3.05, 3.63) is 0 Å². The number of ether oxygens (including phenoxy) is 1. The van der Waals surface area contributed by atoms with E-state index < -0.39 is 9.84 Å². The van der Waals surface area contributed by atoms with Gasteiger partial charge < -0.3 is 10.1 Å². The summed E-state index contributed by atoms with van der Waals surface area (Å²) in [5, 5.41) is 3.56. The molecular weight excluding hydrogens is 274 g/mol. The summed E-state index contributed by atoms with van der Waals surface area (Å²) >= 11 is 0. The monoisotopic (exact) mass is 303 g/mol. The van der Waals surface area contributed by atoms with Gasteiger partial charge in [-0.05, 0) is 64.8 Å². The molecule has 2 rings (SSSR count). The second kappa shape index (κ2) is 6.32. The lowest BCUT2D eigenvalue weighted by molar-refractivity contribution is -0.0117. The molecule has 5 heteroatoms. The number of hydrogen-bond acceptors (Lipinski definition) is 4. The van der Waals surface area contributed by atoms with Crippen molar-refractivity contribution >= 4 is 9.84 Å². The molecule has 0 aromatic carbocycles. The van der Waals surface area contributed by atoms with Gasteiger partial charge >= 0.3 is 0 Å². The van der Waals surface area contributed by atoms with Crippen LogP contribution in [0.2, 0.25) is 0 Å². The number of sulfone groups is 1. The molecule has 0 radical (unpaired) electrons. The summed E-state index contributed by atoms with van der Waals surface area (Å²) in [7, 11) is -2.79. The number of hydrogen-bond donors (Lipinski definition) is 1. The summed E-state index contributed by atoms with van der Waals surface area (Å²) in [5.41, 5.74) is -0.115. The zero-order valence-corrected chi connectivity index (χ0v) is 13.8. The smallest absolute Gasteiger partial charge is 0.150 e. The topological polar surface area (TPSA) is 55.4 Å². The second-order valence-corrected chi connectivity index (χ2v) is 9.58. The maximum Gasteiger partial charge on any atom is 0.150 e.